The number of likely N-dealkylation sites (tertiary alicyclic amines) is 1. The second-order valence-corrected chi connectivity index (χ2v) is 9.11. The highest BCUT2D eigenvalue weighted by Crippen LogP contribution is 2.23. The maximum absolute atomic E-state index is 12.5. The van der Waals surface area contributed by atoms with Crippen molar-refractivity contribution in [2.24, 2.45) is 4.99 Å². The van der Waals surface area contributed by atoms with Gasteiger partial charge in [-0.3, -0.25) is 14.1 Å². The van der Waals surface area contributed by atoms with E-state index in [4.69, 9.17) is 0 Å². The van der Waals surface area contributed by atoms with Gasteiger partial charge in [0.2, 0.25) is 0 Å². The molecule has 2 rings (SSSR count). The topological polar surface area (TPSA) is 56.7 Å². The lowest BCUT2D eigenvalue weighted by atomic mass is 9.95. The summed E-state index contributed by atoms with van der Waals surface area (Å²) in [6.45, 7) is 4.45. The number of alkyl halides is 3. The van der Waals surface area contributed by atoms with Crippen molar-refractivity contribution in [1.29, 1.82) is 0 Å². The van der Waals surface area contributed by atoms with Crippen LogP contribution in [-0.4, -0.2) is 70.5 Å². The number of hydrogen-bond acceptors (Lipinski definition) is 3. The Bertz CT molecular complexity index is 507. The largest absolute Gasteiger partial charge is 0.401 e. The highest BCUT2D eigenvalue weighted by Gasteiger charge is 2.34. The van der Waals surface area contributed by atoms with Crippen molar-refractivity contribution in [3.63, 3.8) is 0 Å². The molecule has 2 N–H and O–H groups in total. The molecular weight excluding hydrogens is 492 g/mol. The maximum atomic E-state index is 12.5. The van der Waals surface area contributed by atoms with E-state index in [0.717, 1.165) is 25.7 Å². The van der Waals surface area contributed by atoms with Crippen LogP contribution in [0.1, 0.15) is 46.0 Å². The third-order valence-electron chi connectivity index (χ3n) is 4.96. The first-order valence-corrected chi connectivity index (χ1v) is 10.9. The molecule has 160 valence electrons. The minimum Gasteiger partial charge on any atom is -0.354 e. The zero-order valence-electron chi connectivity index (χ0n) is 16.1. The monoisotopic (exact) mass is 524 g/mol. The molecule has 4 unspecified atom stereocenters. The van der Waals surface area contributed by atoms with Crippen LogP contribution in [0.2, 0.25) is 0 Å². The van der Waals surface area contributed by atoms with Gasteiger partial charge >= 0.3 is 6.18 Å². The summed E-state index contributed by atoms with van der Waals surface area (Å²) >= 11 is 0. The Hall–Kier alpha value is -0.100. The molecule has 2 aliphatic rings. The van der Waals surface area contributed by atoms with E-state index in [2.05, 4.69) is 15.6 Å². The summed E-state index contributed by atoms with van der Waals surface area (Å²) in [6.07, 6.45) is 0.424. The average Bonchev–Trinajstić information content (AvgIpc) is 2.99. The average molecular weight is 524 g/mol. The van der Waals surface area contributed by atoms with E-state index in [1.165, 1.54) is 4.90 Å². The number of aliphatic imine (C=N–C) groups is 1. The van der Waals surface area contributed by atoms with Crippen LogP contribution in [0.3, 0.4) is 0 Å². The molecule has 1 aliphatic carbocycles. The predicted octanol–water partition coefficient (Wildman–Crippen LogP) is 2.88. The van der Waals surface area contributed by atoms with Gasteiger partial charge in [-0.15, -0.1) is 24.0 Å². The lowest BCUT2D eigenvalue weighted by Gasteiger charge is -2.31. The van der Waals surface area contributed by atoms with Gasteiger partial charge in [-0.05, 0) is 32.6 Å². The SMILES string of the molecule is CCN=C(NC1CCCC(S(=O)CC)C1)NC1CCN(CC(F)(F)F)C1.I. The van der Waals surface area contributed by atoms with Gasteiger partial charge in [0.15, 0.2) is 5.96 Å². The molecule has 27 heavy (non-hydrogen) atoms. The maximum Gasteiger partial charge on any atom is 0.401 e. The van der Waals surface area contributed by atoms with Gasteiger partial charge in [-0.25, -0.2) is 0 Å². The fourth-order valence-electron chi connectivity index (χ4n) is 3.78. The minimum absolute atomic E-state index is 0. The van der Waals surface area contributed by atoms with Crippen LogP contribution in [0.5, 0.6) is 0 Å². The van der Waals surface area contributed by atoms with Gasteiger partial charge in [0.25, 0.3) is 0 Å². The van der Waals surface area contributed by atoms with Gasteiger partial charge in [0, 0.05) is 53.5 Å². The molecule has 0 spiro atoms. The summed E-state index contributed by atoms with van der Waals surface area (Å²) in [5.74, 6) is 1.35. The highest BCUT2D eigenvalue weighted by molar-refractivity contribution is 14.0. The van der Waals surface area contributed by atoms with Crippen molar-refractivity contribution < 1.29 is 17.4 Å². The molecule has 5 nitrogen and oxygen atoms in total. The zero-order valence-corrected chi connectivity index (χ0v) is 19.2. The van der Waals surface area contributed by atoms with E-state index in [-0.39, 0.29) is 41.3 Å². The van der Waals surface area contributed by atoms with E-state index in [0.29, 0.717) is 37.8 Å². The first-order chi connectivity index (χ1) is 12.3. The smallest absolute Gasteiger partial charge is 0.354 e. The van der Waals surface area contributed by atoms with E-state index < -0.39 is 23.5 Å². The number of rotatable bonds is 6. The first kappa shape index (κ1) is 24.9. The number of hydrogen-bond donors (Lipinski definition) is 2. The Kier molecular flexibility index (Phi) is 10.9. The summed E-state index contributed by atoms with van der Waals surface area (Å²) in [5.41, 5.74) is 0. The predicted molar refractivity (Wildman–Crippen MR) is 115 cm³/mol. The summed E-state index contributed by atoms with van der Waals surface area (Å²) < 4.78 is 49.7. The Labute approximate surface area is 179 Å². The summed E-state index contributed by atoms with van der Waals surface area (Å²) in [7, 11) is -0.785. The van der Waals surface area contributed by atoms with E-state index >= 15 is 0 Å². The first-order valence-electron chi connectivity index (χ1n) is 9.54. The van der Waals surface area contributed by atoms with Crippen LogP contribution in [-0.2, 0) is 10.8 Å². The molecule has 0 bridgehead atoms. The standard InChI is InChI=1S/C17H31F3N4OS.HI/c1-3-21-16(22-13-6-5-7-15(10-13)26(25)4-2)23-14-8-9-24(11-14)12-17(18,19)20;/h13-15H,3-12H2,1-2H3,(H2,21,22,23);1H. The van der Waals surface area contributed by atoms with Crippen LogP contribution >= 0.6 is 24.0 Å². The quantitative estimate of drug-likeness (QED) is 0.319. The van der Waals surface area contributed by atoms with Crippen molar-refractivity contribution in [2.75, 3.05) is 31.9 Å². The van der Waals surface area contributed by atoms with Crippen LogP contribution in [0.15, 0.2) is 4.99 Å². The van der Waals surface area contributed by atoms with E-state index in [1.807, 2.05) is 13.8 Å². The number of halogens is 4. The molecule has 0 aromatic rings. The molecule has 0 aromatic heterocycles. The normalized spacial score (nSPS) is 28.5. The van der Waals surface area contributed by atoms with Crippen molar-refractivity contribution in [1.82, 2.24) is 15.5 Å². The van der Waals surface area contributed by atoms with Gasteiger partial charge in [0.1, 0.15) is 0 Å². The molecule has 10 heteroatoms. The Morgan fingerprint density at radius 1 is 1.19 bits per heavy atom. The molecule has 0 radical (unpaired) electrons. The van der Waals surface area contributed by atoms with Crippen LogP contribution in [0.25, 0.3) is 0 Å². The van der Waals surface area contributed by atoms with Crippen LogP contribution in [0.4, 0.5) is 13.2 Å². The molecule has 1 saturated heterocycles. The van der Waals surface area contributed by atoms with Crippen molar-refractivity contribution in [3.8, 4) is 0 Å². The number of nitrogens with one attached hydrogen (secondary N) is 2. The minimum atomic E-state index is -4.15. The molecule has 2 fully saturated rings. The fourth-order valence-corrected chi connectivity index (χ4v) is 5.12. The third-order valence-corrected chi connectivity index (χ3v) is 6.70. The van der Waals surface area contributed by atoms with E-state index in [9.17, 15) is 17.4 Å². The molecule has 0 aromatic carbocycles. The molecule has 4 atom stereocenters. The Morgan fingerprint density at radius 3 is 2.52 bits per heavy atom. The molecule has 1 saturated carbocycles. The fraction of sp³-hybridized carbons (Fsp3) is 0.941. The number of nitrogens with zero attached hydrogens (tertiary/aromatic N) is 2. The Balaban J connectivity index is 0.00000364. The molecular formula is C17H32F3IN4OS. The molecule has 1 heterocycles. The van der Waals surface area contributed by atoms with Crippen molar-refractivity contribution >= 4 is 40.7 Å². The highest BCUT2D eigenvalue weighted by atomic mass is 127. The summed E-state index contributed by atoms with van der Waals surface area (Å²) in [6, 6.07) is 0.189. The lowest BCUT2D eigenvalue weighted by Crippen LogP contribution is -2.50. The van der Waals surface area contributed by atoms with Crippen LogP contribution < -0.4 is 10.6 Å². The summed E-state index contributed by atoms with van der Waals surface area (Å²) in [5, 5.41) is 6.94. The second-order valence-electron chi connectivity index (χ2n) is 7.10. The zero-order chi connectivity index (χ0) is 19.2. The van der Waals surface area contributed by atoms with Crippen LogP contribution in [0, 0.1) is 0 Å². The van der Waals surface area contributed by atoms with Gasteiger partial charge in [-0.1, -0.05) is 13.3 Å². The Morgan fingerprint density at radius 2 is 1.89 bits per heavy atom. The van der Waals surface area contributed by atoms with Gasteiger partial charge in [0.05, 0.1) is 6.54 Å². The molecule has 1 aliphatic heterocycles. The summed E-state index contributed by atoms with van der Waals surface area (Å²) in [4.78, 5) is 5.88. The number of guanidine groups is 1. The van der Waals surface area contributed by atoms with E-state index in [1.54, 1.807) is 0 Å². The second kappa shape index (κ2) is 11.8. The van der Waals surface area contributed by atoms with Crippen molar-refractivity contribution in [2.45, 2.75) is 69.5 Å². The van der Waals surface area contributed by atoms with Gasteiger partial charge in [-0.2, -0.15) is 13.2 Å². The third kappa shape index (κ3) is 8.84. The van der Waals surface area contributed by atoms with Gasteiger partial charge < -0.3 is 10.6 Å². The molecule has 0 amide bonds. The lowest BCUT2D eigenvalue weighted by molar-refractivity contribution is -0.143. The van der Waals surface area contributed by atoms with Crippen molar-refractivity contribution in [3.05, 3.63) is 0 Å².